The molecule has 2 amide bonds. The van der Waals surface area contributed by atoms with Crippen molar-refractivity contribution < 1.29 is 32.2 Å². The van der Waals surface area contributed by atoms with Crippen LogP contribution in [0.1, 0.15) is 69.5 Å². The normalized spacial score (nSPS) is 24.9. The zero-order chi connectivity index (χ0) is 25.9. The average Bonchev–Trinajstić information content (AvgIpc) is 3.40. The van der Waals surface area contributed by atoms with Crippen LogP contribution in [0.3, 0.4) is 0 Å². The van der Waals surface area contributed by atoms with Gasteiger partial charge < -0.3 is 20.5 Å². The van der Waals surface area contributed by atoms with Gasteiger partial charge in [-0.25, -0.2) is 9.50 Å². The van der Waals surface area contributed by atoms with E-state index in [4.69, 9.17) is 15.2 Å². The number of aromatic nitrogens is 3. The number of fused-ring (bicyclic) bond motifs is 1. The highest BCUT2D eigenvalue weighted by Crippen LogP contribution is 2.57. The van der Waals surface area contributed by atoms with Gasteiger partial charge in [0.1, 0.15) is 16.9 Å². The predicted octanol–water partition coefficient (Wildman–Crippen LogP) is 3.83. The molecule has 0 aliphatic heterocycles. The third-order valence-electron chi connectivity index (χ3n) is 7.19. The molecule has 37 heavy (non-hydrogen) atoms. The summed E-state index contributed by atoms with van der Waals surface area (Å²) < 4.78 is 49.2. The Morgan fingerprint density at radius 3 is 2.65 bits per heavy atom. The maximum absolute atomic E-state index is 12.8. The van der Waals surface area contributed by atoms with Crippen LogP contribution in [0.5, 0.6) is 11.6 Å². The number of pyridine rings is 1. The number of nitrogens with one attached hydrogen (secondary N) is 1. The van der Waals surface area contributed by atoms with Crippen LogP contribution in [0, 0.1) is 5.41 Å². The molecule has 3 N–H and O–H groups in total. The second-order valence-corrected chi connectivity index (χ2v) is 11.2. The van der Waals surface area contributed by atoms with Gasteiger partial charge in [-0.3, -0.25) is 9.59 Å². The number of rotatable bonds is 8. The van der Waals surface area contributed by atoms with Crippen LogP contribution in [0.2, 0.25) is 0 Å². The van der Waals surface area contributed by atoms with Crippen molar-refractivity contribution in [1.29, 1.82) is 0 Å². The number of nitrogens with two attached hydrogens (primary N) is 1. The standard InChI is InChI=1S/C24H24F3N5O4S/c25-24(26,27)11-35-14-3-4-17-16(9-29-32(17)10-14)20(34)30-13-5-23(6-13)7-15(8-23)36-21-18(19(28)33)37-22(31-21)12-1-2-12/h3-4,9-10,12-13,15H,1-2,5-8,11H2,(H2,28,33)(H,30,34). The van der Waals surface area contributed by atoms with Gasteiger partial charge in [0.25, 0.3) is 11.8 Å². The number of hydrogen-bond acceptors (Lipinski definition) is 7. The van der Waals surface area contributed by atoms with Crippen molar-refractivity contribution in [3.8, 4) is 11.6 Å². The molecule has 3 fully saturated rings. The van der Waals surface area contributed by atoms with Gasteiger partial charge in [0.2, 0.25) is 5.88 Å². The lowest BCUT2D eigenvalue weighted by Crippen LogP contribution is -2.58. The minimum absolute atomic E-state index is 0.00642. The largest absolute Gasteiger partial charge is 0.483 e. The molecule has 196 valence electrons. The Bertz CT molecular complexity index is 1370. The second kappa shape index (κ2) is 8.61. The van der Waals surface area contributed by atoms with Crippen LogP contribution in [0.4, 0.5) is 13.2 Å². The fourth-order valence-corrected chi connectivity index (χ4v) is 6.31. The number of ether oxygens (including phenoxy) is 2. The van der Waals surface area contributed by atoms with Crippen LogP contribution in [0.25, 0.3) is 5.52 Å². The minimum atomic E-state index is -4.44. The summed E-state index contributed by atoms with van der Waals surface area (Å²) in [4.78, 5) is 29.5. The van der Waals surface area contributed by atoms with E-state index < -0.39 is 18.7 Å². The molecule has 0 bridgehead atoms. The molecule has 3 aliphatic carbocycles. The molecule has 0 aromatic carbocycles. The first-order chi connectivity index (χ1) is 17.6. The highest BCUT2D eigenvalue weighted by molar-refractivity contribution is 7.14. The summed E-state index contributed by atoms with van der Waals surface area (Å²) in [5.74, 6) is -0.0257. The van der Waals surface area contributed by atoms with E-state index >= 15 is 0 Å². The highest BCUT2D eigenvalue weighted by atomic mass is 32.1. The summed E-state index contributed by atoms with van der Waals surface area (Å²) in [6.07, 6.45) is 3.68. The fraction of sp³-hybridized carbons (Fsp3) is 0.500. The molecule has 3 aromatic rings. The maximum Gasteiger partial charge on any atom is 0.422 e. The monoisotopic (exact) mass is 535 g/mol. The van der Waals surface area contributed by atoms with E-state index in [1.54, 1.807) is 0 Å². The Hall–Kier alpha value is -3.35. The van der Waals surface area contributed by atoms with Crippen LogP contribution in [-0.4, -0.2) is 51.3 Å². The third-order valence-corrected chi connectivity index (χ3v) is 8.41. The van der Waals surface area contributed by atoms with E-state index in [2.05, 4.69) is 15.4 Å². The van der Waals surface area contributed by atoms with Crippen LogP contribution in [-0.2, 0) is 0 Å². The molecular formula is C24H24F3N5O4S. The number of halogens is 3. The van der Waals surface area contributed by atoms with E-state index in [1.165, 1.54) is 40.4 Å². The summed E-state index contributed by atoms with van der Waals surface area (Å²) in [6.45, 7) is -1.40. The Morgan fingerprint density at radius 2 is 1.97 bits per heavy atom. The smallest absolute Gasteiger partial charge is 0.422 e. The van der Waals surface area contributed by atoms with Crippen LogP contribution >= 0.6 is 11.3 Å². The van der Waals surface area contributed by atoms with Gasteiger partial charge in [-0.1, -0.05) is 0 Å². The van der Waals surface area contributed by atoms with Crippen molar-refractivity contribution in [2.75, 3.05) is 6.61 Å². The summed E-state index contributed by atoms with van der Waals surface area (Å²) in [7, 11) is 0. The summed E-state index contributed by atoms with van der Waals surface area (Å²) in [5, 5.41) is 8.02. The molecule has 0 saturated heterocycles. The lowest BCUT2D eigenvalue weighted by atomic mass is 9.53. The molecule has 3 aromatic heterocycles. The molecule has 0 unspecified atom stereocenters. The number of thiazole rings is 1. The Labute approximate surface area is 213 Å². The van der Waals surface area contributed by atoms with Gasteiger partial charge >= 0.3 is 6.18 Å². The molecule has 1 spiro atoms. The third kappa shape index (κ3) is 4.83. The van der Waals surface area contributed by atoms with Gasteiger partial charge in [-0.05, 0) is 56.1 Å². The zero-order valence-electron chi connectivity index (χ0n) is 19.6. The number of alkyl halides is 3. The lowest BCUT2D eigenvalue weighted by molar-refractivity contribution is -0.153. The van der Waals surface area contributed by atoms with Gasteiger partial charge in [-0.15, -0.1) is 11.3 Å². The van der Waals surface area contributed by atoms with E-state index in [-0.39, 0.29) is 29.2 Å². The summed E-state index contributed by atoms with van der Waals surface area (Å²) >= 11 is 1.33. The number of carbonyl (C=O) groups is 2. The van der Waals surface area contributed by atoms with Gasteiger partial charge in [0.15, 0.2) is 11.5 Å². The molecule has 3 aliphatic rings. The first-order valence-electron chi connectivity index (χ1n) is 12.0. The Balaban J connectivity index is 1.01. The maximum atomic E-state index is 12.8. The van der Waals surface area contributed by atoms with Gasteiger partial charge in [0.05, 0.1) is 23.5 Å². The minimum Gasteiger partial charge on any atom is -0.483 e. The summed E-state index contributed by atoms with van der Waals surface area (Å²) in [5.41, 5.74) is 6.43. The van der Waals surface area contributed by atoms with Gasteiger partial charge in [-0.2, -0.15) is 18.3 Å². The van der Waals surface area contributed by atoms with E-state index in [9.17, 15) is 22.8 Å². The second-order valence-electron chi connectivity index (χ2n) is 10.2. The topological polar surface area (TPSA) is 121 Å². The first kappa shape index (κ1) is 24.0. The number of primary amides is 1. The van der Waals surface area contributed by atoms with E-state index in [1.807, 2.05) is 0 Å². The SMILES string of the molecule is NC(=O)c1sc(C2CC2)nc1OC1CC2(CC(NC(=O)c3cnn4cc(OCC(F)(F)F)ccc34)C2)C1. The van der Waals surface area contributed by atoms with Crippen molar-refractivity contribution in [3.05, 3.63) is 40.0 Å². The molecule has 9 nitrogen and oxygen atoms in total. The highest BCUT2D eigenvalue weighted by Gasteiger charge is 2.54. The molecule has 6 rings (SSSR count). The van der Waals surface area contributed by atoms with Crippen molar-refractivity contribution in [2.24, 2.45) is 11.1 Å². The van der Waals surface area contributed by atoms with Crippen molar-refractivity contribution in [1.82, 2.24) is 19.9 Å². The molecule has 0 atom stereocenters. The van der Waals surface area contributed by atoms with Gasteiger partial charge in [0, 0.05) is 12.0 Å². The molecule has 3 heterocycles. The summed E-state index contributed by atoms with van der Waals surface area (Å²) in [6, 6.07) is 2.91. The number of carbonyl (C=O) groups excluding carboxylic acids is 2. The molecule has 3 saturated carbocycles. The predicted molar refractivity (Wildman–Crippen MR) is 126 cm³/mol. The molecular weight excluding hydrogens is 511 g/mol. The number of hydrogen-bond donors (Lipinski definition) is 2. The van der Waals surface area contributed by atoms with E-state index in [0.717, 1.165) is 43.5 Å². The molecule has 13 heteroatoms. The van der Waals surface area contributed by atoms with Crippen molar-refractivity contribution in [3.63, 3.8) is 0 Å². The fourth-order valence-electron chi connectivity index (χ4n) is 5.28. The average molecular weight is 536 g/mol. The Kier molecular flexibility index (Phi) is 5.58. The lowest BCUT2D eigenvalue weighted by Gasteiger charge is -2.57. The number of amides is 2. The van der Waals surface area contributed by atoms with Crippen molar-refractivity contribution in [2.45, 2.75) is 62.8 Å². The quantitative estimate of drug-likeness (QED) is 0.452. The van der Waals surface area contributed by atoms with Crippen LogP contribution in [0.15, 0.2) is 24.5 Å². The zero-order valence-corrected chi connectivity index (χ0v) is 20.4. The van der Waals surface area contributed by atoms with E-state index in [0.29, 0.717) is 27.8 Å². The Morgan fingerprint density at radius 1 is 1.22 bits per heavy atom. The van der Waals surface area contributed by atoms with Crippen molar-refractivity contribution >= 4 is 28.7 Å². The van der Waals surface area contributed by atoms with Crippen LogP contribution < -0.4 is 20.5 Å². The number of nitrogens with zero attached hydrogens (tertiary/aromatic N) is 3. The molecule has 0 radical (unpaired) electrons. The first-order valence-corrected chi connectivity index (χ1v) is 12.8.